The molecule has 6 heteroatoms. The molecular formula is C21H21ClN4O. The van der Waals surface area contributed by atoms with E-state index in [1.165, 1.54) is 0 Å². The van der Waals surface area contributed by atoms with E-state index in [-0.39, 0.29) is 5.91 Å². The minimum absolute atomic E-state index is 0.0666. The lowest BCUT2D eigenvalue weighted by atomic mass is 10.1. The van der Waals surface area contributed by atoms with Gasteiger partial charge in [-0.05, 0) is 54.8 Å². The zero-order chi connectivity index (χ0) is 19.2. The van der Waals surface area contributed by atoms with Crippen molar-refractivity contribution in [2.24, 2.45) is 0 Å². The molecule has 1 aromatic carbocycles. The van der Waals surface area contributed by atoms with Crippen LogP contribution < -0.4 is 5.32 Å². The molecule has 3 rings (SSSR count). The van der Waals surface area contributed by atoms with Crippen molar-refractivity contribution in [1.82, 2.24) is 14.9 Å². The number of amides is 1. The smallest absolute Gasteiger partial charge is 0.255 e. The van der Waals surface area contributed by atoms with Gasteiger partial charge in [-0.1, -0.05) is 17.7 Å². The summed E-state index contributed by atoms with van der Waals surface area (Å²) < 4.78 is 0. The molecule has 2 heterocycles. The number of carbonyl (C=O) groups is 1. The average molecular weight is 381 g/mol. The van der Waals surface area contributed by atoms with Gasteiger partial charge in [-0.15, -0.1) is 0 Å². The lowest BCUT2D eigenvalue weighted by Crippen LogP contribution is -2.29. The molecule has 0 atom stereocenters. The van der Waals surface area contributed by atoms with Crippen molar-refractivity contribution in [3.05, 3.63) is 82.9 Å². The Hall–Kier alpha value is -2.92. The summed E-state index contributed by atoms with van der Waals surface area (Å²) >= 11 is 6.17. The lowest BCUT2D eigenvalue weighted by molar-refractivity contribution is 0.0796. The third-order valence-corrected chi connectivity index (χ3v) is 4.77. The van der Waals surface area contributed by atoms with Gasteiger partial charge in [-0.25, -0.2) is 0 Å². The van der Waals surface area contributed by atoms with Crippen LogP contribution in [0.15, 0.2) is 61.2 Å². The molecule has 0 saturated heterocycles. The van der Waals surface area contributed by atoms with Gasteiger partial charge in [0.15, 0.2) is 0 Å². The highest BCUT2D eigenvalue weighted by Gasteiger charge is 2.13. The molecule has 138 valence electrons. The van der Waals surface area contributed by atoms with Crippen LogP contribution in [0, 0.1) is 6.92 Å². The summed E-state index contributed by atoms with van der Waals surface area (Å²) in [4.78, 5) is 22.6. The number of nitrogens with one attached hydrogen (secondary N) is 1. The van der Waals surface area contributed by atoms with Crippen molar-refractivity contribution >= 4 is 28.9 Å². The van der Waals surface area contributed by atoms with Gasteiger partial charge in [0.05, 0.1) is 17.4 Å². The van der Waals surface area contributed by atoms with Gasteiger partial charge < -0.3 is 10.2 Å². The number of anilines is 2. The number of hydrogen-bond donors (Lipinski definition) is 1. The van der Waals surface area contributed by atoms with Crippen molar-refractivity contribution in [3.8, 4) is 0 Å². The van der Waals surface area contributed by atoms with E-state index in [1.54, 1.807) is 42.8 Å². The van der Waals surface area contributed by atoms with Crippen molar-refractivity contribution < 1.29 is 4.79 Å². The van der Waals surface area contributed by atoms with Gasteiger partial charge in [-0.2, -0.15) is 0 Å². The van der Waals surface area contributed by atoms with Crippen LogP contribution >= 0.6 is 11.6 Å². The van der Waals surface area contributed by atoms with E-state index >= 15 is 0 Å². The second kappa shape index (κ2) is 8.64. The molecule has 1 N–H and O–H groups in total. The number of hydrogen-bond acceptors (Lipinski definition) is 4. The van der Waals surface area contributed by atoms with Gasteiger partial charge in [-0.3, -0.25) is 14.8 Å². The molecule has 27 heavy (non-hydrogen) atoms. The Morgan fingerprint density at radius 3 is 2.70 bits per heavy atom. The van der Waals surface area contributed by atoms with Crippen LogP contribution in [0.4, 0.5) is 11.4 Å². The molecule has 0 spiro atoms. The normalized spacial score (nSPS) is 10.5. The fraction of sp³-hybridized carbons (Fsp3) is 0.190. The quantitative estimate of drug-likeness (QED) is 0.684. The maximum Gasteiger partial charge on any atom is 0.255 e. The predicted molar refractivity (Wildman–Crippen MR) is 109 cm³/mol. The zero-order valence-electron chi connectivity index (χ0n) is 15.3. The summed E-state index contributed by atoms with van der Waals surface area (Å²) in [6.07, 6.45) is 7.56. The Morgan fingerprint density at radius 1 is 1.15 bits per heavy atom. The first-order chi connectivity index (χ1) is 13.0. The topological polar surface area (TPSA) is 58.1 Å². The Balaban J connectivity index is 1.68. The van der Waals surface area contributed by atoms with Gasteiger partial charge in [0, 0.05) is 42.9 Å². The minimum atomic E-state index is -0.0666. The van der Waals surface area contributed by atoms with Crippen LogP contribution in [0.3, 0.4) is 0 Å². The molecule has 0 fully saturated rings. The molecule has 0 saturated carbocycles. The molecule has 0 aliphatic heterocycles. The first kappa shape index (κ1) is 18.9. The molecule has 0 unspecified atom stereocenters. The molecule has 3 aromatic rings. The Morgan fingerprint density at radius 2 is 1.93 bits per heavy atom. The first-order valence-corrected chi connectivity index (χ1v) is 9.04. The maximum atomic E-state index is 12.7. The molecule has 0 bridgehead atoms. The predicted octanol–water partition coefficient (Wildman–Crippen LogP) is 4.50. The zero-order valence-corrected chi connectivity index (χ0v) is 16.1. The summed E-state index contributed by atoms with van der Waals surface area (Å²) in [6, 6.07) is 11.4. The van der Waals surface area contributed by atoms with E-state index in [1.807, 2.05) is 37.3 Å². The van der Waals surface area contributed by atoms with Crippen LogP contribution in [0.25, 0.3) is 0 Å². The highest BCUT2D eigenvalue weighted by atomic mass is 35.5. The van der Waals surface area contributed by atoms with E-state index in [9.17, 15) is 4.79 Å². The largest absolute Gasteiger partial charge is 0.354 e. The van der Waals surface area contributed by atoms with Gasteiger partial charge in [0.25, 0.3) is 5.91 Å². The van der Waals surface area contributed by atoms with Gasteiger partial charge in [0.1, 0.15) is 0 Å². The summed E-state index contributed by atoms with van der Waals surface area (Å²) in [7, 11) is 1.80. The maximum absolute atomic E-state index is 12.7. The molecule has 5 nitrogen and oxygen atoms in total. The number of nitrogens with zero attached hydrogens (tertiary/aromatic N) is 3. The second-order valence-electron chi connectivity index (χ2n) is 6.33. The van der Waals surface area contributed by atoms with E-state index in [4.69, 9.17) is 11.6 Å². The van der Waals surface area contributed by atoms with Crippen LogP contribution in [0.1, 0.15) is 21.5 Å². The number of carbonyl (C=O) groups excluding carboxylic acids is 1. The summed E-state index contributed by atoms with van der Waals surface area (Å²) in [5, 5.41) is 3.97. The number of aromatic nitrogens is 2. The van der Waals surface area contributed by atoms with Gasteiger partial charge in [0.2, 0.25) is 0 Å². The average Bonchev–Trinajstić information content (AvgIpc) is 2.70. The standard InChI is InChI=1S/C21H21ClN4O/c1-15-19(22)4-3-5-20(15)25-18-12-17(13-24-14-18)21(27)26(2)11-8-16-6-9-23-10-7-16/h3-7,9-10,12-14,25H,8,11H2,1-2H3. The number of rotatable bonds is 6. The van der Waals surface area contributed by atoms with Crippen molar-refractivity contribution in [2.45, 2.75) is 13.3 Å². The number of benzene rings is 1. The Labute approximate surface area is 164 Å². The summed E-state index contributed by atoms with van der Waals surface area (Å²) in [5.74, 6) is -0.0666. The fourth-order valence-electron chi connectivity index (χ4n) is 2.69. The van der Waals surface area contributed by atoms with E-state index in [2.05, 4.69) is 15.3 Å². The third kappa shape index (κ3) is 4.83. The monoisotopic (exact) mass is 380 g/mol. The Bertz CT molecular complexity index is 930. The third-order valence-electron chi connectivity index (χ3n) is 4.36. The van der Waals surface area contributed by atoms with Crippen molar-refractivity contribution in [3.63, 3.8) is 0 Å². The van der Waals surface area contributed by atoms with E-state index in [0.29, 0.717) is 17.1 Å². The lowest BCUT2D eigenvalue weighted by Gasteiger charge is -2.18. The van der Waals surface area contributed by atoms with Crippen LogP contribution in [0.5, 0.6) is 0 Å². The first-order valence-electron chi connectivity index (χ1n) is 8.66. The van der Waals surface area contributed by atoms with E-state index in [0.717, 1.165) is 28.9 Å². The van der Waals surface area contributed by atoms with Crippen molar-refractivity contribution in [2.75, 3.05) is 18.9 Å². The molecular weight excluding hydrogens is 360 g/mol. The number of halogens is 1. The Kier molecular flexibility index (Phi) is 6.04. The summed E-state index contributed by atoms with van der Waals surface area (Å²) in [5.41, 5.74) is 4.27. The molecule has 0 radical (unpaired) electrons. The second-order valence-corrected chi connectivity index (χ2v) is 6.74. The molecule has 0 aliphatic carbocycles. The number of pyridine rings is 2. The van der Waals surface area contributed by atoms with Crippen LogP contribution in [-0.2, 0) is 6.42 Å². The highest BCUT2D eigenvalue weighted by Crippen LogP contribution is 2.26. The number of likely N-dealkylation sites (N-methyl/N-ethyl adjacent to an activating group) is 1. The molecule has 2 aromatic heterocycles. The molecule has 0 aliphatic rings. The van der Waals surface area contributed by atoms with Crippen LogP contribution in [-0.4, -0.2) is 34.4 Å². The molecule has 1 amide bonds. The van der Waals surface area contributed by atoms with E-state index < -0.39 is 0 Å². The highest BCUT2D eigenvalue weighted by molar-refractivity contribution is 6.31. The fourth-order valence-corrected chi connectivity index (χ4v) is 2.87. The van der Waals surface area contributed by atoms with Gasteiger partial charge >= 0.3 is 0 Å². The minimum Gasteiger partial charge on any atom is -0.354 e. The summed E-state index contributed by atoms with van der Waals surface area (Å²) in [6.45, 7) is 2.56. The van der Waals surface area contributed by atoms with Crippen molar-refractivity contribution in [1.29, 1.82) is 0 Å². The SMILES string of the molecule is Cc1c(Cl)cccc1Nc1cncc(C(=O)N(C)CCc2ccncc2)c1. The van der Waals surface area contributed by atoms with Crippen LogP contribution in [0.2, 0.25) is 5.02 Å².